The third-order valence-electron chi connectivity index (χ3n) is 3.17. The Bertz CT molecular complexity index is 319. The molecule has 0 saturated carbocycles. The quantitative estimate of drug-likeness (QED) is 0.772. The Balaban J connectivity index is 2.04. The predicted molar refractivity (Wildman–Crippen MR) is 62.1 cm³/mol. The third-order valence-corrected chi connectivity index (χ3v) is 3.17. The first-order valence-corrected chi connectivity index (χ1v) is 5.54. The molecule has 3 N–H and O–H groups in total. The molecule has 1 aliphatic heterocycles. The summed E-state index contributed by atoms with van der Waals surface area (Å²) in [6.07, 6.45) is 2.26. The van der Waals surface area contributed by atoms with Gasteiger partial charge in [0.2, 0.25) is 0 Å². The third kappa shape index (κ3) is 2.23. The van der Waals surface area contributed by atoms with Gasteiger partial charge >= 0.3 is 0 Å². The molecule has 0 bridgehead atoms. The minimum Gasteiger partial charge on any atom is -0.506 e. The molecule has 1 aromatic carbocycles. The number of benzene rings is 1. The van der Waals surface area contributed by atoms with Crippen molar-refractivity contribution < 1.29 is 5.11 Å². The van der Waals surface area contributed by atoms with Gasteiger partial charge < -0.3 is 15.7 Å². The molecule has 15 heavy (non-hydrogen) atoms. The zero-order valence-electron chi connectivity index (χ0n) is 8.89. The van der Waals surface area contributed by atoms with E-state index in [2.05, 4.69) is 4.90 Å². The number of nitrogens with two attached hydrogens (primary N) is 1. The van der Waals surface area contributed by atoms with Gasteiger partial charge in [0, 0.05) is 13.1 Å². The molecule has 82 valence electrons. The van der Waals surface area contributed by atoms with E-state index < -0.39 is 0 Å². The fourth-order valence-electron chi connectivity index (χ4n) is 2.14. The predicted octanol–water partition coefficient (Wildman–Crippen LogP) is 1.57. The summed E-state index contributed by atoms with van der Waals surface area (Å²) in [4.78, 5) is 2.24. The lowest BCUT2D eigenvalue weighted by Gasteiger charge is -2.33. The molecule has 0 radical (unpaired) electrons. The average molecular weight is 206 g/mol. The van der Waals surface area contributed by atoms with Gasteiger partial charge in [0.1, 0.15) is 5.75 Å². The van der Waals surface area contributed by atoms with Crippen molar-refractivity contribution in [3.63, 3.8) is 0 Å². The van der Waals surface area contributed by atoms with Crippen molar-refractivity contribution in [2.24, 2.45) is 11.7 Å². The van der Waals surface area contributed by atoms with Crippen LogP contribution >= 0.6 is 0 Å². The number of aromatic hydroxyl groups is 1. The van der Waals surface area contributed by atoms with Crippen LogP contribution in [0.2, 0.25) is 0 Å². The van der Waals surface area contributed by atoms with Gasteiger partial charge in [-0.15, -0.1) is 0 Å². The Morgan fingerprint density at radius 1 is 1.27 bits per heavy atom. The van der Waals surface area contributed by atoms with Crippen molar-refractivity contribution in [3.05, 3.63) is 24.3 Å². The summed E-state index contributed by atoms with van der Waals surface area (Å²) in [6.45, 7) is 2.79. The van der Waals surface area contributed by atoms with Gasteiger partial charge in [-0.2, -0.15) is 0 Å². The lowest BCUT2D eigenvalue weighted by Crippen LogP contribution is -2.36. The molecule has 1 fully saturated rings. The Kier molecular flexibility index (Phi) is 3.11. The summed E-state index contributed by atoms with van der Waals surface area (Å²) in [6, 6.07) is 7.53. The Labute approximate surface area is 90.5 Å². The molecule has 3 nitrogen and oxygen atoms in total. The molecule has 0 amide bonds. The molecule has 0 aromatic heterocycles. The van der Waals surface area contributed by atoms with Crippen molar-refractivity contribution in [2.75, 3.05) is 24.5 Å². The average Bonchev–Trinajstić information content (AvgIpc) is 2.30. The highest BCUT2D eigenvalue weighted by atomic mass is 16.3. The van der Waals surface area contributed by atoms with Crippen LogP contribution < -0.4 is 10.6 Å². The van der Waals surface area contributed by atoms with Crippen LogP contribution in [0.25, 0.3) is 0 Å². The van der Waals surface area contributed by atoms with Crippen LogP contribution in [0.1, 0.15) is 12.8 Å². The van der Waals surface area contributed by atoms with Gasteiger partial charge in [-0.25, -0.2) is 0 Å². The molecule has 2 rings (SSSR count). The van der Waals surface area contributed by atoms with Gasteiger partial charge in [0.25, 0.3) is 0 Å². The largest absolute Gasteiger partial charge is 0.506 e. The smallest absolute Gasteiger partial charge is 0.138 e. The second kappa shape index (κ2) is 4.53. The second-order valence-electron chi connectivity index (χ2n) is 4.15. The zero-order valence-corrected chi connectivity index (χ0v) is 8.89. The fraction of sp³-hybridized carbons (Fsp3) is 0.500. The number of hydrogen-bond acceptors (Lipinski definition) is 3. The van der Waals surface area contributed by atoms with Gasteiger partial charge in [0.15, 0.2) is 0 Å². The Morgan fingerprint density at radius 2 is 1.93 bits per heavy atom. The first kappa shape index (κ1) is 10.3. The standard InChI is InChI=1S/C12H18N2O/c13-9-10-5-7-14(8-6-10)11-3-1-2-4-12(11)15/h1-4,10,15H,5-9,13H2. The van der Waals surface area contributed by atoms with Crippen LogP contribution in [0.4, 0.5) is 5.69 Å². The number of para-hydroxylation sites is 2. The Hall–Kier alpha value is -1.22. The molecule has 1 saturated heterocycles. The maximum atomic E-state index is 9.72. The van der Waals surface area contributed by atoms with E-state index in [0.29, 0.717) is 11.7 Å². The molecule has 0 atom stereocenters. The van der Waals surface area contributed by atoms with Gasteiger partial charge in [-0.3, -0.25) is 0 Å². The van der Waals surface area contributed by atoms with Crippen LogP contribution in [-0.4, -0.2) is 24.7 Å². The number of nitrogens with zero attached hydrogens (tertiary/aromatic N) is 1. The van der Waals surface area contributed by atoms with Crippen molar-refractivity contribution in [3.8, 4) is 5.75 Å². The zero-order chi connectivity index (χ0) is 10.7. The van der Waals surface area contributed by atoms with E-state index >= 15 is 0 Å². The van der Waals surface area contributed by atoms with E-state index in [1.165, 1.54) is 0 Å². The topological polar surface area (TPSA) is 49.5 Å². The number of piperidine rings is 1. The normalized spacial score (nSPS) is 18.1. The van der Waals surface area contributed by atoms with E-state index in [0.717, 1.165) is 38.2 Å². The minimum atomic E-state index is 0.378. The van der Waals surface area contributed by atoms with Crippen molar-refractivity contribution in [1.82, 2.24) is 0 Å². The van der Waals surface area contributed by atoms with Crippen LogP contribution in [0, 0.1) is 5.92 Å². The molecule has 0 aliphatic carbocycles. The summed E-state index contributed by atoms with van der Waals surface area (Å²) in [5.41, 5.74) is 6.60. The maximum Gasteiger partial charge on any atom is 0.138 e. The molecule has 1 aliphatic rings. The highest BCUT2D eigenvalue weighted by molar-refractivity contribution is 5.57. The van der Waals surface area contributed by atoms with E-state index in [9.17, 15) is 5.11 Å². The van der Waals surface area contributed by atoms with Crippen LogP contribution in [0.5, 0.6) is 5.75 Å². The number of hydrogen-bond donors (Lipinski definition) is 2. The summed E-state index contributed by atoms with van der Waals surface area (Å²) in [7, 11) is 0. The van der Waals surface area contributed by atoms with E-state index in [-0.39, 0.29) is 0 Å². The first-order valence-electron chi connectivity index (χ1n) is 5.54. The number of phenolic OH excluding ortho intramolecular Hbond substituents is 1. The van der Waals surface area contributed by atoms with Crippen molar-refractivity contribution >= 4 is 5.69 Å². The van der Waals surface area contributed by atoms with Crippen LogP contribution in [0.15, 0.2) is 24.3 Å². The summed E-state index contributed by atoms with van der Waals surface area (Å²) >= 11 is 0. The lowest BCUT2D eigenvalue weighted by atomic mass is 9.97. The van der Waals surface area contributed by atoms with Crippen molar-refractivity contribution in [2.45, 2.75) is 12.8 Å². The van der Waals surface area contributed by atoms with Crippen LogP contribution in [0.3, 0.4) is 0 Å². The molecule has 1 aromatic rings. The maximum absolute atomic E-state index is 9.72. The highest BCUT2D eigenvalue weighted by Gasteiger charge is 2.19. The summed E-state index contributed by atoms with van der Waals surface area (Å²) in [5, 5.41) is 9.72. The number of rotatable bonds is 2. The summed E-state index contributed by atoms with van der Waals surface area (Å²) in [5.74, 6) is 1.04. The Morgan fingerprint density at radius 3 is 2.53 bits per heavy atom. The van der Waals surface area contributed by atoms with Gasteiger partial charge in [0.05, 0.1) is 5.69 Å². The SMILES string of the molecule is NCC1CCN(c2ccccc2O)CC1. The fourth-order valence-corrected chi connectivity index (χ4v) is 2.14. The van der Waals surface area contributed by atoms with Gasteiger partial charge in [-0.1, -0.05) is 12.1 Å². The monoisotopic (exact) mass is 206 g/mol. The number of phenols is 1. The van der Waals surface area contributed by atoms with Crippen LogP contribution in [-0.2, 0) is 0 Å². The number of anilines is 1. The van der Waals surface area contributed by atoms with E-state index in [1.807, 2.05) is 18.2 Å². The highest BCUT2D eigenvalue weighted by Crippen LogP contribution is 2.29. The molecule has 3 heteroatoms. The molecule has 0 unspecified atom stereocenters. The molecular formula is C12H18N2O. The second-order valence-corrected chi connectivity index (χ2v) is 4.15. The van der Waals surface area contributed by atoms with E-state index in [1.54, 1.807) is 6.07 Å². The molecular weight excluding hydrogens is 188 g/mol. The summed E-state index contributed by atoms with van der Waals surface area (Å²) < 4.78 is 0. The minimum absolute atomic E-state index is 0.378. The molecule has 0 spiro atoms. The van der Waals surface area contributed by atoms with Crippen molar-refractivity contribution in [1.29, 1.82) is 0 Å². The van der Waals surface area contributed by atoms with E-state index in [4.69, 9.17) is 5.73 Å². The first-order chi connectivity index (χ1) is 7.31. The van der Waals surface area contributed by atoms with Gasteiger partial charge in [-0.05, 0) is 37.4 Å². The lowest BCUT2D eigenvalue weighted by molar-refractivity contribution is 0.408. The molecule has 1 heterocycles.